The van der Waals surface area contributed by atoms with Gasteiger partial charge in [0.15, 0.2) is 5.82 Å². The first-order valence-corrected chi connectivity index (χ1v) is 2.94. The van der Waals surface area contributed by atoms with Crippen LogP contribution in [0, 0.1) is 6.92 Å². The highest BCUT2D eigenvalue weighted by Gasteiger charge is 2.08. The first kappa shape index (κ1) is 7.46. The average molecular weight is 153 g/mol. The number of nitrogens with zero attached hydrogens (tertiary/aromatic N) is 2. The van der Waals surface area contributed by atoms with Gasteiger partial charge in [-0.3, -0.25) is 0 Å². The molecule has 0 saturated heterocycles. The first-order valence-electron chi connectivity index (χ1n) is 2.94. The van der Waals surface area contributed by atoms with Gasteiger partial charge in [0.25, 0.3) is 0 Å². The molecule has 0 radical (unpaired) electrons. The molecular formula is C6H7N3O2. The lowest BCUT2D eigenvalue weighted by Crippen LogP contribution is -2.06. The number of anilines is 1. The zero-order valence-corrected chi connectivity index (χ0v) is 5.90. The minimum absolute atomic E-state index is 0.00231. The number of nitrogens with two attached hydrogens (primary N) is 1. The van der Waals surface area contributed by atoms with Crippen LogP contribution >= 0.6 is 0 Å². The third kappa shape index (κ3) is 1.43. The van der Waals surface area contributed by atoms with Crippen LogP contribution in [0.4, 0.5) is 5.82 Å². The molecule has 58 valence electrons. The van der Waals surface area contributed by atoms with E-state index < -0.39 is 5.97 Å². The van der Waals surface area contributed by atoms with Crippen LogP contribution in [0.3, 0.4) is 0 Å². The van der Waals surface area contributed by atoms with E-state index in [9.17, 15) is 4.79 Å². The van der Waals surface area contributed by atoms with Gasteiger partial charge >= 0.3 is 5.97 Å². The van der Waals surface area contributed by atoms with Gasteiger partial charge in [0.2, 0.25) is 0 Å². The maximum atomic E-state index is 10.4. The Balaban J connectivity index is 3.23. The van der Waals surface area contributed by atoms with Crippen LogP contribution in [-0.2, 0) is 0 Å². The molecule has 5 nitrogen and oxygen atoms in total. The molecule has 0 atom stereocenters. The maximum Gasteiger partial charge on any atom is 0.339 e. The van der Waals surface area contributed by atoms with E-state index in [0.29, 0.717) is 5.69 Å². The summed E-state index contributed by atoms with van der Waals surface area (Å²) in [7, 11) is 0. The summed E-state index contributed by atoms with van der Waals surface area (Å²) in [4.78, 5) is 10.4. The molecular weight excluding hydrogens is 146 g/mol. The number of rotatable bonds is 1. The van der Waals surface area contributed by atoms with Crippen LogP contribution in [0.1, 0.15) is 16.1 Å². The van der Waals surface area contributed by atoms with E-state index in [1.165, 1.54) is 6.07 Å². The summed E-state index contributed by atoms with van der Waals surface area (Å²) in [5.41, 5.74) is 5.77. The fraction of sp³-hybridized carbons (Fsp3) is 0.167. The maximum absolute atomic E-state index is 10.4. The first-order chi connectivity index (χ1) is 5.11. The van der Waals surface area contributed by atoms with Crippen LogP contribution in [0.25, 0.3) is 0 Å². The Hall–Kier alpha value is -1.65. The molecule has 1 rings (SSSR count). The van der Waals surface area contributed by atoms with Gasteiger partial charge in [-0.2, -0.15) is 5.10 Å². The van der Waals surface area contributed by atoms with E-state index in [4.69, 9.17) is 10.8 Å². The van der Waals surface area contributed by atoms with Gasteiger partial charge in [0.1, 0.15) is 5.56 Å². The molecule has 1 heterocycles. The minimum Gasteiger partial charge on any atom is -0.478 e. The van der Waals surface area contributed by atoms with Crippen molar-refractivity contribution in [1.29, 1.82) is 0 Å². The van der Waals surface area contributed by atoms with Crippen LogP contribution in [0.5, 0.6) is 0 Å². The molecule has 3 N–H and O–H groups in total. The van der Waals surface area contributed by atoms with Crippen molar-refractivity contribution in [2.45, 2.75) is 6.92 Å². The molecule has 0 spiro atoms. The third-order valence-corrected chi connectivity index (χ3v) is 1.18. The van der Waals surface area contributed by atoms with Crippen molar-refractivity contribution in [3.05, 3.63) is 17.3 Å². The van der Waals surface area contributed by atoms with Gasteiger partial charge < -0.3 is 10.8 Å². The lowest BCUT2D eigenvalue weighted by molar-refractivity contribution is 0.0697. The Morgan fingerprint density at radius 1 is 1.64 bits per heavy atom. The topological polar surface area (TPSA) is 89.1 Å². The molecule has 0 aromatic carbocycles. The van der Waals surface area contributed by atoms with E-state index in [0.717, 1.165) is 0 Å². The number of hydrogen-bond acceptors (Lipinski definition) is 4. The third-order valence-electron chi connectivity index (χ3n) is 1.18. The Morgan fingerprint density at radius 3 is 2.73 bits per heavy atom. The zero-order valence-electron chi connectivity index (χ0n) is 5.90. The number of carboxylic acid groups (broad SMARTS) is 1. The van der Waals surface area contributed by atoms with Crippen LogP contribution in [0.15, 0.2) is 6.07 Å². The van der Waals surface area contributed by atoms with Crippen LogP contribution in [0.2, 0.25) is 0 Å². The number of aromatic carboxylic acids is 1. The van der Waals surface area contributed by atoms with E-state index in [-0.39, 0.29) is 11.4 Å². The van der Waals surface area contributed by atoms with Crippen LogP contribution in [-0.4, -0.2) is 21.3 Å². The Morgan fingerprint density at radius 2 is 2.27 bits per heavy atom. The Labute approximate surface area is 62.9 Å². The Bertz CT molecular complexity index is 298. The molecule has 0 aliphatic rings. The smallest absolute Gasteiger partial charge is 0.339 e. The van der Waals surface area contributed by atoms with Crippen molar-refractivity contribution in [2.75, 3.05) is 5.73 Å². The van der Waals surface area contributed by atoms with Crippen molar-refractivity contribution in [3.63, 3.8) is 0 Å². The molecule has 0 fully saturated rings. The quantitative estimate of drug-likeness (QED) is 0.595. The second kappa shape index (κ2) is 2.53. The lowest BCUT2D eigenvalue weighted by atomic mass is 10.2. The van der Waals surface area contributed by atoms with Gasteiger partial charge in [0.05, 0.1) is 5.69 Å². The summed E-state index contributed by atoms with van der Waals surface area (Å²) in [6, 6.07) is 1.38. The molecule has 11 heavy (non-hydrogen) atoms. The van der Waals surface area contributed by atoms with E-state index >= 15 is 0 Å². The summed E-state index contributed by atoms with van der Waals surface area (Å²) in [5.74, 6) is -1.14. The molecule has 0 unspecified atom stereocenters. The Kier molecular flexibility index (Phi) is 1.72. The number of aryl methyl sites for hydroxylation is 1. The van der Waals surface area contributed by atoms with Crippen molar-refractivity contribution in [2.24, 2.45) is 0 Å². The van der Waals surface area contributed by atoms with Gasteiger partial charge in [0, 0.05) is 0 Å². The highest BCUT2D eigenvalue weighted by atomic mass is 16.4. The second-order valence-electron chi connectivity index (χ2n) is 2.09. The van der Waals surface area contributed by atoms with Crippen molar-refractivity contribution in [1.82, 2.24) is 10.2 Å². The lowest BCUT2D eigenvalue weighted by Gasteiger charge is -1.97. The van der Waals surface area contributed by atoms with Gasteiger partial charge in [-0.25, -0.2) is 4.79 Å². The largest absolute Gasteiger partial charge is 0.478 e. The monoisotopic (exact) mass is 153 g/mol. The summed E-state index contributed by atoms with van der Waals surface area (Å²) >= 11 is 0. The van der Waals surface area contributed by atoms with Gasteiger partial charge in [-0.1, -0.05) is 0 Å². The van der Waals surface area contributed by atoms with Crippen molar-refractivity contribution < 1.29 is 9.90 Å². The minimum atomic E-state index is -1.08. The molecule has 0 aliphatic carbocycles. The summed E-state index contributed by atoms with van der Waals surface area (Å²) in [6.07, 6.45) is 0. The summed E-state index contributed by atoms with van der Waals surface area (Å²) in [6.45, 7) is 1.65. The fourth-order valence-electron chi connectivity index (χ4n) is 0.670. The normalized spacial score (nSPS) is 9.55. The van der Waals surface area contributed by atoms with Gasteiger partial charge in [-0.15, -0.1) is 5.10 Å². The predicted octanol–water partition coefficient (Wildman–Crippen LogP) is 0.0654. The second-order valence-corrected chi connectivity index (χ2v) is 2.09. The number of aromatic nitrogens is 2. The molecule has 0 aliphatic heterocycles. The van der Waals surface area contributed by atoms with Crippen molar-refractivity contribution >= 4 is 11.8 Å². The van der Waals surface area contributed by atoms with Gasteiger partial charge in [-0.05, 0) is 13.0 Å². The average Bonchev–Trinajstić information content (AvgIpc) is 1.94. The molecule has 0 amide bonds. The number of nitrogen functional groups attached to an aromatic ring is 1. The van der Waals surface area contributed by atoms with E-state index in [1.807, 2.05) is 0 Å². The van der Waals surface area contributed by atoms with Crippen molar-refractivity contribution in [3.8, 4) is 0 Å². The molecule has 0 saturated carbocycles. The predicted molar refractivity (Wildman–Crippen MR) is 38.1 cm³/mol. The fourth-order valence-corrected chi connectivity index (χ4v) is 0.670. The standard InChI is InChI=1S/C6H7N3O2/c1-3-2-4(6(10)11)5(7)9-8-3/h2H,1H3,(H2,7,9)(H,10,11). The highest BCUT2D eigenvalue weighted by molar-refractivity contribution is 5.92. The highest BCUT2D eigenvalue weighted by Crippen LogP contribution is 2.06. The molecule has 5 heteroatoms. The SMILES string of the molecule is Cc1cc(C(=O)O)c(N)nn1. The number of carbonyl (C=O) groups is 1. The number of hydrogen-bond donors (Lipinski definition) is 2. The molecule has 0 bridgehead atoms. The molecule has 1 aromatic rings. The zero-order chi connectivity index (χ0) is 8.43. The van der Waals surface area contributed by atoms with E-state index in [2.05, 4.69) is 10.2 Å². The van der Waals surface area contributed by atoms with E-state index in [1.54, 1.807) is 6.92 Å². The molecule has 1 aromatic heterocycles. The number of carboxylic acids is 1. The summed E-state index contributed by atoms with van der Waals surface area (Å²) < 4.78 is 0. The van der Waals surface area contributed by atoms with Crippen LogP contribution < -0.4 is 5.73 Å². The summed E-state index contributed by atoms with van der Waals surface area (Å²) in [5, 5.41) is 15.6.